The largest absolute Gasteiger partial charge is 0.310 e. The first-order valence-corrected chi connectivity index (χ1v) is 20.5. The van der Waals surface area contributed by atoms with Gasteiger partial charge in [0.15, 0.2) is 5.82 Å². The van der Waals surface area contributed by atoms with Crippen LogP contribution in [0.4, 0.5) is 17.1 Å². The minimum Gasteiger partial charge on any atom is -0.310 e. The van der Waals surface area contributed by atoms with Crippen molar-refractivity contribution >= 4 is 50.6 Å². The van der Waals surface area contributed by atoms with Crippen LogP contribution in [0.25, 0.3) is 50.3 Å². The van der Waals surface area contributed by atoms with Crippen molar-refractivity contribution in [3.8, 4) is 28.5 Å². The van der Waals surface area contributed by atoms with E-state index in [1.807, 2.05) is 36.0 Å². The van der Waals surface area contributed by atoms with Gasteiger partial charge in [0.25, 0.3) is 0 Å². The Bertz CT molecular complexity index is 3110. The van der Waals surface area contributed by atoms with Gasteiger partial charge < -0.3 is 4.90 Å². The molecule has 0 radical (unpaired) electrons. The summed E-state index contributed by atoms with van der Waals surface area (Å²) in [5.74, 6) is 1.52. The highest BCUT2D eigenvalue weighted by Crippen LogP contribution is 2.63. The van der Waals surface area contributed by atoms with E-state index in [2.05, 4.69) is 191 Å². The molecule has 12 rings (SSSR count). The van der Waals surface area contributed by atoms with Crippen molar-refractivity contribution in [1.82, 2.24) is 14.5 Å². The molecule has 0 saturated carbocycles. The van der Waals surface area contributed by atoms with E-state index >= 15 is 0 Å². The topological polar surface area (TPSA) is 34.0 Å². The van der Waals surface area contributed by atoms with Crippen LogP contribution in [0.15, 0.2) is 216 Å². The van der Waals surface area contributed by atoms with Crippen LogP contribution in [0.5, 0.6) is 0 Å². The van der Waals surface area contributed by atoms with Crippen molar-refractivity contribution in [3.63, 3.8) is 0 Å². The summed E-state index contributed by atoms with van der Waals surface area (Å²) < 4.78 is 2.36. The van der Waals surface area contributed by atoms with Gasteiger partial charge in [-0.25, -0.2) is 9.97 Å². The van der Waals surface area contributed by atoms with Crippen LogP contribution in [0.1, 0.15) is 22.3 Å². The lowest BCUT2D eigenvalue weighted by Gasteiger charge is -2.49. The molecule has 0 amide bonds. The van der Waals surface area contributed by atoms with E-state index in [-0.39, 0.29) is 0 Å². The summed E-state index contributed by atoms with van der Waals surface area (Å²) >= 11 is 1.88. The normalized spacial score (nSPS) is 13.6. The SMILES string of the molecule is c1ccc(-c2cc(-n3c4ccccc4c4cc5c(cc43)C3(c4ccccc4S5)c4ccccc4N(c4ccccc4)c4ccccc43)nc(-c3ccccc3)n2)cc1. The minimum absolute atomic E-state index is 0.610. The maximum Gasteiger partial charge on any atom is 0.162 e. The van der Waals surface area contributed by atoms with Crippen molar-refractivity contribution in [2.24, 2.45) is 0 Å². The average molecular weight is 759 g/mol. The van der Waals surface area contributed by atoms with Gasteiger partial charge in [0.05, 0.1) is 33.5 Å². The van der Waals surface area contributed by atoms with Gasteiger partial charge in [-0.2, -0.15) is 0 Å². The third kappa shape index (κ3) is 4.77. The van der Waals surface area contributed by atoms with Gasteiger partial charge in [0, 0.05) is 43.4 Å². The highest BCUT2D eigenvalue weighted by atomic mass is 32.2. The molecule has 2 aliphatic heterocycles. The number of nitrogens with zero attached hydrogens (tertiary/aromatic N) is 4. The maximum atomic E-state index is 5.38. The third-order valence-corrected chi connectivity index (χ3v) is 13.0. The fourth-order valence-corrected chi connectivity index (χ4v) is 10.7. The van der Waals surface area contributed by atoms with E-state index in [1.165, 1.54) is 54.2 Å². The zero-order valence-electron chi connectivity index (χ0n) is 31.3. The molecule has 0 bridgehead atoms. The standard InChI is InChI=1S/C53H34N4S/c1-4-18-35(19-5-1)44-34-51(55-52(54-44)36-20-6-2-7-21-36)57-45-28-14-10-24-38(45)39-32-50-43(33-48(39)57)53(42-27-13-17-31-49(42)58-50)40-25-11-15-29-46(40)56(37-22-8-3-9-23-37)47-30-16-12-26-41(47)53/h1-34H. The first-order valence-electron chi connectivity index (χ1n) is 19.7. The van der Waals surface area contributed by atoms with Crippen molar-refractivity contribution in [1.29, 1.82) is 0 Å². The average Bonchev–Trinajstić information content (AvgIpc) is 3.62. The molecule has 4 nitrogen and oxygen atoms in total. The molecule has 0 aliphatic carbocycles. The van der Waals surface area contributed by atoms with Gasteiger partial charge in [0.2, 0.25) is 0 Å². The van der Waals surface area contributed by atoms with Gasteiger partial charge in [-0.3, -0.25) is 4.57 Å². The third-order valence-electron chi connectivity index (χ3n) is 11.8. The maximum absolute atomic E-state index is 5.38. The summed E-state index contributed by atoms with van der Waals surface area (Å²) in [7, 11) is 0. The minimum atomic E-state index is -0.610. The molecule has 0 N–H and O–H groups in total. The molecule has 4 heterocycles. The van der Waals surface area contributed by atoms with E-state index < -0.39 is 5.41 Å². The number of hydrogen-bond acceptors (Lipinski definition) is 4. The number of aromatic nitrogens is 3. The van der Waals surface area contributed by atoms with Crippen LogP contribution in [0, 0.1) is 0 Å². The van der Waals surface area contributed by atoms with Gasteiger partial charge in [-0.1, -0.05) is 163 Å². The molecule has 0 fully saturated rings. The Balaban J connectivity index is 1.20. The van der Waals surface area contributed by atoms with Crippen LogP contribution >= 0.6 is 11.8 Å². The Morgan fingerprint density at radius 3 is 1.72 bits per heavy atom. The Morgan fingerprint density at radius 1 is 0.414 bits per heavy atom. The summed E-state index contributed by atoms with van der Waals surface area (Å²) in [5, 5.41) is 2.38. The molecular formula is C53H34N4S. The highest BCUT2D eigenvalue weighted by molar-refractivity contribution is 7.99. The molecule has 10 aromatic rings. The zero-order chi connectivity index (χ0) is 38.2. The Kier molecular flexibility index (Phi) is 7.34. The number of benzene rings is 8. The summed E-state index contributed by atoms with van der Waals surface area (Å²) in [4.78, 5) is 15.5. The van der Waals surface area contributed by atoms with Gasteiger partial charge in [0.1, 0.15) is 5.82 Å². The summed E-state index contributed by atoms with van der Waals surface area (Å²) in [5.41, 5.74) is 13.1. The Morgan fingerprint density at radius 2 is 1.00 bits per heavy atom. The van der Waals surface area contributed by atoms with E-state index in [0.29, 0.717) is 5.82 Å². The quantitative estimate of drug-likeness (QED) is 0.179. The monoisotopic (exact) mass is 758 g/mol. The smallest absolute Gasteiger partial charge is 0.162 e. The fraction of sp³-hybridized carbons (Fsp3) is 0.0189. The Labute approximate surface area is 340 Å². The summed E-state index contributed by atoms with van der Waals surface area (Å²) in [6, 6.07) is 74.4. The van der Waals surface area contributed by atoms with Crippen molar-refractivity contribution in [2.75, 3.05) is 4.90 Å². The van der Waals surface area contributed by atoms with E-state index in [0.717, 1.165) is 39.4 Å². The van der Waals surface area contributed by atoms with Crippen molar-refractivity contribution in [3.05, 3.63) is 229 Å². The lowest BCUT2D eigenvalue weighted by atomic mass is 9.62. The lowest BCUT2D eigenvalue weighted by Crippen LogP contribution is -2.39. The lowest BCUT2D eigenvalue weighted by molar-refractivity contribution is 0.693. The molecule has 8 aromatic carbocycles. The number of rotatable bonds is 4. The molecular weight excluding hydrogens is 725 g/mol. The van der Waals surface area contributed by atoms with Crippen LogP contribution in [0.3, 0.4) is 0 Å². The second-order valence-electron chi connectivity index (χ2n) is 14.9. The number of anilines is 3. The van der Waals surface area contributed by atoms with E-state index in [4.69, 9.17) is 9.97 Å². The van der Waals surface area contributed by atoms with Gasteiger partial charge in [-0.15, -0.1) is 0 Å². The molecule has 58 heavy (non-hydrogen) atoms. The molecule has 0 atom stereocenters. The van der Waals surface area contributed by atoms with Crippen molar-refractivity contribution in [2.45, 2.75) is 15.2 Å². The van der Waals surface area contributed by atoms with Crippen molar-refractivity contribution < 1.29 is 0 Å². The second kappa shape index (κ2) is 12.9. The van der Waals surface area contributed by atoms with Gasteiger partial charge in [-0.05, 0) is 70.8 Å². The molecule has 0 unspecified atom stereocenters. The summed E-state index contributed by atoms with van der Waals surface area (Å²) in [6.07, 6.45) is 0. The first kappa shape index (κ1) is 33.0. The van der Waals surface area contributed by atoms with Crippen LogP contribution in [0.2, 0.25) is 0 Å². The summed E-state index contributed by atoms with van der Waals surface area (Å²) in [6.45, 7) is 0. The number of hydrogen-bond donors (Lipinski definition) is 0. The number of para-hydroxylation sites is 4. The van der Waals surface area contributed by atoms with Crippen LogP contribution < -0.4 is 4.90 Å². The highest BCUT2D eigenvalue weighted by Gasteiger charge is 2.50. The van der Waals surface area contributed by atoms with Crippen LogP contribution in [-0.4, -0.2) is 14.5 Å². The molecule has 1 spiro atoms. The first-order chi connectivity index (χ1) is 28.8. The molecule has 2 aliphatic rings. The molecule has 272 valence electrons. The van der Waals surface area contributed by atoms with Crippen LogP contribution in [-0.2, 0) is 5.41 Å². The zero-order valence-corrected chi connectivity index (χ0v) is 32.1. The van der Waals surface area contributed by atoms with Gasteiger partial charge >= 0.3 is 0 Å². The Hall–Kier alpha value is -7.21. The predicted octanol–water partition coefficient (Wildman–Crippen LogP) is 13.5. The van der Waals surface area contributed by atoms with E-state index in [9.17, 15) is 0 Å². The predicted molar refractivity (Wildman–Crippen MR) is 238 cm³/mol. The number of fused-ring (bicyclic) bond motifs is 11. The fourth-order valence-electron chi connectivity index (χ4n) is 9.45. The van der Waals surface area contributed by atoms with E-state index in [1.54, 1.807) is 0 Å². The second-order valence-corrected chi connectivity index (χ2v) is 16.0. The molecule has 5 heteroatoms. The molecule has 0 saturated heterocycles. The molecule has 2 aromatic heterocycles.